The van der Waals surface area contributed by atoms with Gasteiger partial charge in [0.2, 0.25) is 0 Å². The first kappa shape index (κ1) is 15.4. The number of hydrogen-bond donors (Lipinski definition) is 2. The van der Waals surface area contributed by atoms with Gasteiger partial charge in [0, 0.05) is 0 Å². The summed E-state index contributed by atoms with van der Waals surface area (Å²) < 4.78 is 0. The van der Waals surface area contributed by atoms with Crippen LogP contribution in [0, 0.1) is 6.92 Å². The minimum absolute atomic E-state index is 0.112. The third-order valence-corrected chi connectivity index (χ3v) is 2.50. The highest BCUT2D eigenvalue weighted by molar-refractivity contribution is 5.87. The molecule has 0 aromatic heterocycles. The third-order valence-electron chi connectivity index (χ3n) is 2.50. The number of rotatable bonds is 3. The summed E-state index contributed by atoms with van der Waals surface area (Å²) in [6.07, 6.45) is 0.112. The molecule has 20 heavy (non-hydrogen) atoms. The molecule has 0 atom stereocenters. The van der Waals surface area contributed by atoms with Gasteiger partial charge in [-0.3, -0.25) is 4.79 Å². The molecule has 2 rings (SSSR count). The summed E-state index contributed by atoms with van der Waals surface area (Å²) in [4.78, 5) is 20.5. The zero-order valence-corrected chi connectivity index (χ0v) is 11.1. The number of aliphatic carboxylic acids is 1. The Morgan fingerprint density at radius 3 is 1.90 bits per heavy atom. The molecule has 0 aliphatic heterocycles. The highest BCUT2D eigenvalue weighted by Gasteiger charge is 1.98. The van der Waals surface area contributed by atoms with Gasteiger partial charge in [-0.2, -0.15) is 0 Å². The van der Waals surface area contributed by atoms with E-state index in [0.29, 0.717) is 5.56 Å². The Labute approximate surface area is 117 Å². The van der Waals surface area contributed by atoms with E-state index in [0.717, 1.165) is 11.1 Å². The summed E-state index contributed by atoms with van der Waals surface area (Å²) in [7, 11) is 0. The van der Waals surface area contributed by atoms with Gasteiger partial charge in [-0.05, 0) is 24.6 Å². The van der Waals surface area contributed by atoms with Gasteiger partial charge in [0.15, 0.2) is 0 Å². The van der Waals surface area contributed by atoms with E-state index < -0.39 is 11.9 Å². The van der Waals surface area contributed by atoms with E-state index in [4.69, 9.17) is 10.2 Å². The van der Waals surface area contributed by atoms with Crippen LogP contribution in [-0.4, -0.2) is 22.2 Å². The van der Waals surface area contributed by atoms with Crippen molar-refractivity contribution in [2.24, 2.45) is 0 Å². The molecule has 2 aromatic carbocycles. The van der Waals surface area contributed by atoms with Gasteiger partial charge in [-0.25, -0.2) is 4.79 Å². The van der Waals surface area contributed by atoms with Crippen LogP contribution >= 0.6 is 0 Å². The largest absolute Gasteiger partial charge is 0.481 e. The lowest BCUT2D eigenvalue weighted by atomic mass is 10.2. The number of carboxylic acid groups (broad SMARTS) is 2. The van der Waals surface area contributed by atoms with E-state index in [-0.39, 0.29) is 6.42 Å². The molecule has 104 valence electrons. The molecule has 0 aliphatic carbocycles. The van der Waals surface area contributed by atoms with Crippen LogP contribution in [0.15, 0.2) is 54.6 Å². The van der Waals surface area contributed by atoms with Gasteiger partial charge in [-0.15, -0.1) is 0 Å². The zero-order valence-electron chi connectivity index (χ0n) is 11.1. The highest BCUT2D eigenvalue weighted by atomic mass is 16.4. The minimum Gasteiger partial charge on any atom is -0.481 e. The maximum Gasteiger partial charge on any atom is 0.335 e. The molecule has 0 saturated heterocycles. The van der Waals surface area contributed by atoms with Gasteiger partial charge in [0.05, 0.1) is 12.0 Å². The maximum atomic E-state index is 10.3. The summed E-state index contributed by atoms with van der Waals surface area (Å²) in [5.41, 5.74) is 2.26. The van der Waals surface area contributed by atoms with Crippen LogP contribution < -0.4 is 0 Å². The van der Waals surface area contributed by atoms with E-state index in [2.05, 4.69) is 0 Å². The lowest BCUT2D eigenvalue weighted by Crippen LogP contribution is -1.98. The molecule has 4 heteroatoms. The van der Waals surface area contributed by atoms with Crippen LogP contribution in [0.4, 0.5) is 0 Å². The van der Waals surface area contributed by atoms with Crippen LogP contribution in [0.1, 0.15) is 21.5 Å². The number of carboxylic acids is 2. The lowest BCUT2D eigenvalue weighted by Gasteiger charge is -1.92. The van der Waals surface area contributed by atoms with Crippen LogP contribution in [0.25, 0.3) is 0 Å². The summed E-state index contributed by atoms with van der Waals surface area (Å²) in [5.74, 6) is -1.66. The lowest BCUT2D eigenvalue weighted by molar-refractivity contribution is -0.136. The molecule has 0 saturated carbocycles. The van der Waals surface area contributed by atoms with Crippen molar-refractivity contribution < 1.29 is 19.8 Å². The summed E-state index contributed by atoms with van der Waals surface area (Å²) >= 11 is 0. The molecule has 0 aliphatic rings. The fourth-order valence-corrected chi connectivity index (χ4v) is 1.47. The Morgan fingerprint density at radius 2 is 1.45 bits per heavy atom. The monoisotopic (exact) mass is 272 g/mol. The van der Waals surface area contributed by atoms with Crippen molar-refractivity contribution in [1.29, 1.82) is 0 Å². The highest BCUT2D eigenvalue weighted by Crippen LogP contribution is 2.01. The van der Waals surface area contributed by atoms with Gasteiger partial charge in [0.1, 0.15) is 0 Å². The van der Waals surface area contributed by atoms with Crippen LogP contribution in [0.2, 0.25) is 0 Å². The maximum absolute atomic E-state index is 10.3. The average molecular weight is 272 g/mol. The second kappa shape index (κ2) is 7.74. The van der Waals surface area contributed by atoms with Crippen molar-refractivity contribution in [3.8, 4) is 0 Å². The van der Waals surface area contributed by atoms with Gasteiger partial charge < -0.3 is 10.2 Å². The Balaban J connectivity index is 0.000000200. The zero-order chi connectivity index (χ0) is 15.0. The second-order valence-electron chi connectivity index (χ2n) is 4.23. The van der Waals surface area contributed by atoms with Crippen molar-refractivity contribution >= 4 is 11.9 Å². The van der Waals surface area contributed by atoms with Crippen molar-refractivity contribution in [2.45, 2.75) is 13.3 Å². The van der Waals surface area contributed by atoms with E-state index in [1.54, 1.807) is 36.4 Å². The van der Waals surface area contributed by atoms with Gasteiger partial charge in [0.25, 0.3) is 0 Å². The topological polar surface area (TPSA) is 74.6 Å². The van der Waals surface area contributed by atoms with Crippen molar-refractivity contribution in [2.75, 3.05) is 0 Å². The molecule has 2 aromatic rings. The Morgan fingerprint density at radius 1 is 0.900 bits per heavy atom. The molecule has 0 amide bonds. The Hall–Kier alpha value is -2.62. The fraction of sp³-hybridized carbons (Fsp3) is 0.125. The second-order valence-corrected chi connectivity index (χ2v) is 4.23. The Bertz CT molecular complexity index is 559. The first-order valence-electron chi connectivity index (χ1n) is 6.04. The summed E-state index contributed by atoms with van der Waals surface area (Å²) in [5, 5.41) is 16.8. The van der Waals surface area contributed by atoms with E-state index in [1.807, 2.05) is 25.1 Å². The number of aromatic carboxylic acids is 1. The first-order valence-corrected chi connectivity index (χ1v) is 6.04. The predicted octanol–water partition coefficient (Wildman–Crippen LogP) is 3.01. The smallest absolute Gasteiger partial charge is 0.335 e. The number of benzene rings is 2. The number of carbonyl (C=O) groups is 2. The van der Waals surface area contributed by atoms with Crippen LogP contribution in [0.5, 0.6) is 0 Å². The number of aryl methyl sites for hydroxylation is 1. The quantitative estimate of drug-likeness (QED) is 0.900. The van der Waals surface area contributed by atoms with Gasteiger partial charge >= 0.3 is 11.9 Å². The third kappa shape index (κ3) is 5.82. The van der Waals surface area contributed by atoms with Crippen molar-refractivity contribution in [1.82, 2.24) is 0 Å². The van der Waals surface area contributed by atoms with Crippen LogP contribution in [-0.2, 0) is 11.2 Å². The van der Waals surface area contributed by atoms with E-state index >= 15 is 0 Å². The molecular formula is C16H16O4. The SMILES string of the molecule is Cc1ccc(C(=O)O)cc1.O=C(O)Cc1ccccc1. The normalized spacial score (nSPS) is 9.25. The van der Waals surface area contributed by atoms with Gasteiger partial charge in [-0.1, -0.05) is 48.0 Å². The molecule has 0 spiro atoms. The fourth-order valence-electron chi connectivity index (χ4n) is 1.47. The molecule has 0 bridgehead atoms. The van der Waals surface area contributed by atoms with Crippen LogP contribution in [0.3, 0.4) is 0 Å². The first-order chi connectivity index (χ1) is 9.49. The molecular weight excluding hydrogens is 256 g/mol. The van der Waals surface area contributed by atoms with E-state index in [9.17, 15) is 9.59 Å². The van der Waals surface area contributed by atoms with E-state index in [1.165, 1.54) is 0 Å². The molecule has 2 N–H and O–H groups in total. The van der Waals surface area contributed by atoms with Crippen molar-refractivity contribution in [3.63, 3.8) is 0 Å². The Kier molecular flexibility index (Phi) is 5.97. The molecule has 0 fully saturated rings. The summed E-state index contributed by atoms with van der Waals surface area (Å²) in [6, 6.07) is 15.9. The molecule has 0 heterocycles. The minimum atomic E-state index is -0.875. The number of hydrogen-bond acceptors (Lipinski definition) is 2. The van der Waals surface area contributed by atoms with Crippen molar-refractivity contribution in [3.05, 3.63) is 71.3 Å². The molecule has 0 unspecified atom stereocenters. The summed E-state index contributed by atoms with van der Waals surface area (Å²) in [6.45, 7) is 1.92. The standard InChI is InChI=1S/2C8H8O2/c1-6-2-4-7(5-3-6)8(9)10;9-8(10)6-7-4-2-1-3-5-7/h2-5H,1H3,(H,9,10);1-5H,6H2,(H,9,10). The molecule has 0 radical (unpaired) electrons. The predicted molar refractivity (Wildman–Crippen MR) is 75.9 cm³/mol. The molecule has 4 nitrogen and oxygen atoms in total. The average Bonchev–Trinajstić information content (AvgIpc) is 2.40.